The molecule has 0 amide bonds. The quantitative estimate of drug-likeness (QED) is 0.897. The summed E-state index contributed by atoms with van der Waals surface area (Å²) < 4.78 is 2.04. The highest BCUT2D eigenvalue weighted by Crippen LogP contribution is 2.20. The Morgan fingerprint density at radius 1 is 1.45 bits per heavy atom. The first-order valence-electron chi connectivity index (χ1n) is 7.80. The molecule has 1 atom stereocenters. The molecule has 0 aliphatic carbocycles. The van der Waals surface area contributed by atoms with E-state index >= 15 is 0 Å². The molecule has 5 heteroatoms. The van der Waals surface area contributed by atoms with E-state index in [0.717, 1.165) is 25.5 Å². The Labute approximate surface area is 122 Å². The number of aromatic nitrogens is 3. The predicted octanol–water partition coefficient (Wildman–Crippen LogP) is 2.21. The number of hydrogen-bond donors (Lipinski definition) is 1. The molecule has 0 radical (unpaired) electrons. The lowest BCUT2D eigenvalue weighted by molar-refractivity contribution is 0.0785. The summed E-state index contributed by atoms with van der Waals surface area (Å²) in [7, 11) is 0. The van der Waals surface area contributed by atoms with Crippen LogP contribution in [0.3, 0.4) is 0 Å². The van der Waals surface area contributed by atoms with Crippen molar-refractivity contribution in [2.24, 2.45) is 0 Å². The summed E-state index contributed by atoms with van der Waals surface area (Å²) in [4.78, 5) is 7.04. The van der Waals surface area contributed by atoms with Crippen molar-refractivity contribution in [3.63, 3.8) is 0 Å². The van der Waals surface area contributed by atoms with Crippen LogP contribution < -0.4 is 5.32 Å². The average molecular weight is 279 g/mol. The Hall–Kier alpha value is -0.940. The van der Waals surface area contributed by atoms with E-state index < -0.39 is 0 Å². The Morgan fingerprint density at radius 2 is 2.20 bits per heavy atom. The van der Waals surface area contributed by atoms with Crippen LogP contribution in [-0.2, 0) is 6.54 Å². The lowest BCUT2D eigenvalue weighted by atomic mass is 9.96. The van der Waals surface area contributed by atoms with Crippen molar-refractivity contribution in [2.45, 2.75) is 71.6 Å². The number of piperazine rings is 1. The van der Waals surface area contributed by atoms with E-state index in [1.807, 2.05) is 4.68 Å². The van der Waals surface area contributed by atoms with Gasteiger partial charge in [-0.25, -0.2) is 9.67 Å². The van der Waals surface area contributed by atoms with Crippen LogP contribution >= 0.6 is 0 Å². The second-order valence-corrected chi connectivity index (χ2v) is 6.83. The van der Waals surface area contributed by atoms with Gasteiger partial charge in [-0.3, -0.25) is 4.90 Å². The summed E-state index contributed by atoms with van der Waals surface area (Å²) in [5.41, 5.74) is 0.174. The maximum atomic E-state index is 4.46. The van der Waals surface area contributed by atoms with E-state index in [1.54, 1.807) is 6.33 Å². The van der Waals surface area contributed by atoms with Gasteiger partial charge >= 0.3 is 0 Å². The lowest BCUT2D eigenvalue weighted by Crippen LogP contribution is -2.61. The summed E-state index contributed by atoms with van der Waals surface area (Å²) in [6.07, 6.45) is 4.14. The van der Waals surface area contributed by atoms with E-state index in [-0.39, 0.29) is 5.54 Å². The number of nitrogens with one attached hydrogen (secondary N) is 1. The molecule has 1 N–H and O–H groups in total. The van der Waals surface area contributed by atoms with Crippen molar-refractivity contribution in [2.75, 3.05) is 13.1 Å². The van der Waals surface area contributed by atoms with Crippen molar-refractivity contribution in [3.8, 4) is 0 Å². The first-order valence-corrected chi connectivity index (χ1v) is 7.80. The minimum atomic E-state index is 0.174. The fourth-order valence-corrected chi connectivity index (χ4v) is 3.02. The molecule has 0 spiro atoms. The van der Waals surface area contributed by atoms with Gasteiger partial charge in [-0.1, -0.05) is 13.3 Å². The fraction of sp³-hybridized carbons (Fsp3) is 0.867. The third kappa shape index (κ3) is 3.58. The van der Waals surface area contributed by atoms with E-state index in [2.05, 4.69) is 54.9 Å². The van der Waals surface area contributed by atoms with E-state index in [1.165, 1.54) is 12.8 Å². The van der Waals surface area contributed by atoms with Gasteiger partial charge in [0.25, 0.3) is 0 Å². The Bertz CT molecular complexity index is 424. The normalized spacial score (nSPS) is 23.4. The van der Waals surface area contributed by atoms with Crippen LogP contribution in [0.2, 0.25) is 0 Å². The summed E-state index contributed by atoms with van der Waals surface area (Å²) in [6.45, 7) is 14.1. The van der Waals surface area contributed by atoms with Gasteiger partial charge < -0.3 is 5.32 Å². The highest BCUT2D eigenvalue weighted by molar-refractivity contribution is 4.96. The van der Waals surface area contributed by atoms with Crippen LogP contribution in [0.1, 0.15) is 59.3 Å². The SMILES string of the molecule is CCCC1CNC(C)(C)CN1Cc1ncnn1C(C)C. The van der Waals surface area contributed by atoms with Gasteiger partial charge in [0.2, 0.25) is 0 Å². The maximum Gasteiger partial charge on any atom is 0.141 e. The van der Waals surface area contributed by atoms with Crippen LogP contribution in [0.4, 0.5) is 0 Å². The molecule has 1 aliphatic rings. The van der Waals surface area contributed by atoms with Gasteiger partial charge in [-0.05, 0) is 34.1 Å². The van der Waals surface area contributed by atoms with E-state index in [9.17, 15) is 0 Å². The molecule has 1 aliphatic heterocycles. The van der Waals surface area contributed by atoms with Gasteiger partial charge in [0.1, 0.15) is 12.2 Å². The minimum absolute atomic E-state index is 0.174. The molecule has 1 aromatic rings. The van der Waals surface area contributed by atoms with Crippen LogP contribution in [0.15, 0.2) is 6.33 Å². The molecule has 0 aromatic carbocycles. The van der Waals surface area contributed by atoms with Crippen LogP contribution in [0, 0.1) is 0 Å². The van der Waals surface area contributed by atoms with Crippen molar-refractivity contribution < 1.29 is 0 Å². The number of nitrogens with zero attached hydrogens (tertiary/aromatic N) is 4. The van der Waals surface area contributed by atoms with Crippen LogP contribution in [0.25, 0.3) is 0 Å². The first-order chi connectivity index (χ1) is 9.43. The van der Waals surface area contributed by atoms with Gasteiger partial charge in [-0.15, -0.1) is 0 Å². The number of hydrogen-bond acceptors (Lipinski definition) is 4. The molecule has 2 heterocycles. The van der Waals surface area contributed by atoms with Crippen LogP contribution in [0.5, 0.6) is 0 Å². The van der Waals surface area contributed by atoms with E-state index in [4.69, 9.17) is 0 Å². The summed E-state index contributed by atoms with van der Waals surface area (Å²) in [6, 6.07) is 0.971. The standard InChI is InChI=1S/C15H29N5/c1-6-7-13-8-17-15(4,5)10-19(13)9-14-16-11-18-20(14)12(2)3/h11-13,17H,6-10H2,1-5H3. The molecule has 1 aromatic heterocycles. The van der Waals surface area contributed by atoms with Gasteiger partial charge in [0, 0.05) is 30.7 Å². The molecule has 20 heavy (non-hydrogen) atoms. The van der Waals surface area contributed by atoms with Crippen molar-refractivity contribution in [3.05, 3.63) is 12.2 Å². The molecular weight excluding hydrogens is 250 g/mol. The summed E-state index contributed by atoms with van der Waals surface area (Å²) in [5.74, 6) is 1.08. The van der Waals surface area contributed by atoms with Crippen molar-refractivity contribution in [1.29, 1.82) is 0 Å². The zero-order chi connectivity index (χ0) is 14.8. The smallest absolute Gasteiger partial charge is 0.141 e. The maximum absolute atomic E-state index is 4.46. The molecule has 0 saturated carbocycles. The monoisotopic (exact) mass is 279 g/mol. The first kappa shape index (κ1) is 15.4. The molecule has 5 nitrogen and oxygen atoms in total. The Morgan fingerprint density at radius 3 is 2.85 bits per heavy atom. The molecule has 1 fully saturated rings. The van der Waals surface area contributed by atoms with Crippen molar-refractivity contribution in [1.82, 2.24) is 25.0 Å². The average Bonchev–Trinajstić information content (AvgIpc) is 2.80. The zero-order valence-corrected chi connectivity index (χ0v) is 13.6. The number of rotatable bonds is 5. The molecule has 2 rings (SSSR count). The fourth-order valence-electron chi connectivity index (χ4n) is 3.02. The summed E-state index contributed by atoms with van der Waals surface area (Å²) in [5, 5.41) is 8.01. The third-order valence-corrected chi connectivity index (χ3v) is 4.03. The van der Waals surface area contributed by atoms with Gasteiger partial charge in [-0.2, -0.15) is 5.10 Å². The second-order valence-electron chi connectivity index (χ2n) is 6.83. The molecule has 0 bridgehead atoms. The Balaban J connectivity index is 2.12. The molecule has 1 unspecified atom stereocenters. The van der Waals surface area contributed by atoms with Gasteiger partial charge in [0.15, 0.2) is 0 Å². The molecule has 114 valence electrons. The molecular formula is C15H29N5. The topological polar surface area (TPSA) is 46.0 Å². The van der Waals surface area contributed by atoms with Gasteiger partial charge in [0.05, 0.1) is 6.54 Å². The summed E-state index contributed by atoms with van der Waals surface area (Å²) >= 11 is 0. The Kier molecular flexibility index (Phi) is 4.81. The van der Waals surface area contributed by atoms with E-state index in [0.29, 0.717) is 12.1 Å². The third-order valence-electron chi connectivity index (χ3n) is 4.03. The zero-order valence-electron chi connectivity index (χ0n) is 13.6. The highest BCUT2D eigenvalue weighted by Gasteiger charge is 2.32. The minimum Gasteiger partial charge on any atom is -0.309 e. The van der Waals surface area contributed by atoms with Crippen molar-refractivity contribution >= 4 is 0 Å². The second kappa shape index (κ2) is 6.22. The van der Waals surface area contributed by atoms with Crippen LogP contribution in [-0.4, -0.2) is 44.3 Å². The lowest BCUT2D eigenvalue weighted by Gasteiger charge is -2.44. The molecule has 1 saturated heterocycles. The predicted molar refractivity (Wildman–Crippen MR) is 81.6 cm³/mol. The largest absolute Gasteiger partial charge is 0.309 e. The highest BCUT2D eigenvalue weighted by atomic mass is 15.4.